The maximum absolute atomic E-state index is 13.9. The lowest BCUT2D eigenvalue weighted by Crippen LogP contribution is -2.12. The molecule has 0 unspecified atom stereocenters. The maximum atomic E-state index is 13.9. The monoisotopic (exact) mass is 1050 g/mol. The van der Waals surface area contributed by atoms with Crippen molar-refractivity contribution >= 4 is 72.4 Å². The Morgan fingerprint density at radius 2 is 1.13 bits per heavy atom. The molecule has 0 aliphatic carbocycles. The number of nitro benzene ring substituents is 2. The van der Waals surface area contributed by atoms with E-state index in [9.17, 15) is 29.8 Å². The highest BCUT2D eigenvalue weighted by molar-refractivity contribution is 9.10. The zero-order chi connectivity index (χ0) is 49.4. The molecule has 6 aromatic carbocycles. The van der Waals surface area contributed by atoms with Gasteiger partial charge in [-0.2, -0.15) is 0 Å². The molecule has 0 radical (unpaired) electrons. The Balaban J connectivity index is 0.000000173. The van der Waals surface area contributed by atoms with E-state index in [1.807, 2.05) is 109 Å². The number of hydrogen-bond acceptors (Lipinski definition) is 10. The molecular formula is C54H38Br2N8O6. The zero-order valence-electron chi connectivity index (χ0n) is 36.7. The number of hydrogen-bond donors (Lipinski definition) is 1. The van der Waals surface area contributed by atoms with Gasteiger partial charge < -0.3 is 5.73 Å². The quantitative estimate of drug-likeness (QED) is 0.0306. The van der Waals surface area contributed by atoms with Gasteiger partial charge >= 0.3 is 0 Å². The van der Waals surface area contributed by atoms with Crippen LogP contribution in [0.3, 0.4) is 0 Å². The lowest BCUT2D eigenvalue weighted by molar-refractivity contribution is -0.385. The number of nitro groups is 2. The molecule has 70 heavy (non-hydrogen) atoms. The van der Waals surface area contributed by atoms with Crippen molar-refractivity contribution in [1.82, 2.24) is 19.5 Å². The Hall–Kier alpha value is -8.86. The van der Waals surface area contributed by atoms with Crippen LogP contribution in [0.4, 0.5) is 17.1 Å². The summed E-state index contributed by atoms with van der Waals surface area (Å²) in [5, 5.41) is 22.7. The van der Waals surface area contributed by atoms with Crippen molar-refractivity contribution in [3.63, 3.8) is 0 Å². The molecule has 2 N–H and O–H groups in total. The summed E-state index contributed by atoms with van der Waals surface area (Å²) in [6.45, 7) is 0. The highest BCUT2D eigenvalue weighted by Gasteiger charge is 2.30. The van der Waals surface area contributed by atoms with Gasteiger partial charge in [0.05, 0.1) is 26.7 Å². The van der Waals surface area contributed by atoms with E-state index in [2.05, 4.69) is 46.8 Å². The van der Waals surface area contributed by atoms with Gasteiger partial charge in [0, 0.05) is 50.3 Å². The summed E-state index contributed by atoms with van der Waals surface area (Å²) < 4.78 is 3.67. The second kappa shape index (κ2) is 23.7. The molecule has 0 fully saturated rings. The molecule has 16 heteroatoms. The van der Waals surface area contributed by atoms with Crippen molar-refractivity contribution in [2.24, 2.45) is 10.7 Å². The second-order valence-corrected chi connectivity index (χ2v) is 16.5. The minimum absolute atomic E-state index is 0.0347. The van der Waals surface area contributed by atoms with E-state index in [1.54, 1.807) is 77.4 Å². The molecular weight excluding hydrogens is 1020 g/mol. The Morgan fingerprint density at radius 3 is 1.73 bits per heavy atom. The van der Waals surface area contributed by atoms with Crippen molar-refractivity contribution in [2.45, 2.75) is 0 Å². The van der Waals surface area contributed by atoms with E-state index >= 15 is 0 Å². The largest absolute Gasteiger partial charge is 0.383 e. The molecule has 0 bridgehead atoms. The minimum Gasteiger partial charge on any atom is -0.383 e. The summed E-state index contributed by atoms with van der Waals surface area (Å²) in [6, 6.07) is 56.9. The molecule has 0 aliphatic rings. The van der Waals surface area contributed by atoms with E-state index in [0.717, 1.165) is 25.8 Å². The number of nitrogens with zero attached hydrogens (tertiary/aromatic N) is 7. The van der Waals surface area contributed by atoms with Gasteiger partial charge in [-0.05, 0) is 97.1 Å². The summed E-state index contributed by atoms with van der Waals surface area (Å²) in [5.41, 5.74) is 10.5. The number of halogens is 2. The number of nitrogens with two attached hydrogens (primary N) is 1. The van der Waals surface area contributed by atoms with Crippen LogP contribution in [0.15, 0.2) is 227 Å². The van der Waals surface area contributed by atoms with Crippen molar-refractivity contribution in [3.8, 4) is 28.3 Å². The summed E-state index contributed by atoms with van der Waals surface area (Å²) in [5.74, 6) is 0.326. The normalized spacial score (nSPS) is 10.9. The molecule has 0 amide bonds. The van der Waals surface area contributed by atoms with Crippen LogP contribution in [0.2, 0.25) is 0 Å². The number of allylic oxidation sites excluding steroid dienone is 1. The fraction of sp³-hybridized carbons (Fsp3) is 0. The van der Waals surface area contributed by atoms with Gasteiger partial charge in [-0.1, -0.05) is 129 Å². The summed E-state index contributed by atoms with van der Waals surface area (Å²) in [6.07, 6.45) is 5.77. The third kappa shape index (κ3) is 12.6. The molecule has 0 atom stereocenters. The van der Waals surface area contributed by atoms with E-state index in [-0.39, 0.29) is 39.8 Å². The predicted molar refractivity (Wildman–Crippen MR) is 278 cm³/mol. The van der Waals surface area contributed by atoms with Gasteiger partial charge in [-0.25, -0.2) is 9.98 Å². The standard InChI is InChI=1S/C27H17BrN4O3.C14H10N2O3.C13H11BrN2/c28-19-15-13-18(14-16-19)27-30-24(21-10-4-5-12-23(21)32(34)35)25(26(33)22-11-6-7-17-29-22)31(27)20-8-2-1-3-9-20;17-14(12-6-3-4-10-15-12)9-8-11-5-1-2-7-13(11)16(18)19;14-11-8-6-10(7-9-11)13(15)16-12-4-2-1-3-5-12/h1-17H;1-10H;1-9H,(H2,15,16). The lowest BCUT2D eigenvalue weighted by atomic mass is 10.0. The third-order valence-corrected chi connectivity index (χ3v) is 11.1. The summed E-state index contributed by atoms with van der Waals surface area (Å²) >= 11 is 6.83. The number of rotatable bonds is 12. The number of carbonyl (C=O) groups excluding carboxylic acids is 2. The first-order valence-corrected chi connectivity index (χ1v) is 22.7. The number of para-hydroxylation sites is 4. The molecule has 0 saturated heterocycles. The topological polar surface area (TPSA) is 202 Å². The maximum Gasteiger partial charge on any atom is 0.278 e. The Kier molecular flexibility index (Phi) is 16.6. The first kappa shape index (κ1) is 49.1. The van der Waals surface area contributed by atoms with Gasteiger partial charge in [0.2, 0.25) is 11.6 Å². The molecule has 0 spiro atoms. The van der Waals surface area contributed by atoms with Crippen LogP contribution < -0.4 is 5.73 Å². The van der Waals surface area contributed by atoms with E-state index in [4.69, 9.17) is 10.7 Å². The molecule has 9 rings (SSSR count). The molecule has 3 heterocycles. The van der Waals surface area contributed by atoms with Gasteiger partial charge in [0.1, 0.15) is 34.4 Å². The number of aliphatic imine (C=N–C) groups is 1. The van der Waals surface area contributed by atoms with E-state index in [0.29, 0.717) is 28.6 Å². The highest BCUT2D eigenvalue weighted by atomic mass is 79.9. The zero-order valence-corrected chi connectivity index (χ0v) is 39.9. The van der Waals surface area contributed by atoms with Crippen molar-refractivity contribution < 1.29 is 19.4 Å². The van der Waals surface area contributed by atoms with Crippen molar-refractivity contribution in [2.75, 3.05) is 0 Å². The Labute approximate surface area is 418 Å². The van der Waals surface area contributed by atoms with Crippen LogP contribution >= 0.6 is 31.9 Å². The van der Waals surface area contributed by atoms with Gasteiger partial charge in [-0.15, -0.1) is 0 Å². The highest BCUT2D eigenvalue weighted by Crippen LogP contribution is 2.37. The smallest absolute Gasteiger partial charge is 0.278 e. The first-order chi connectivity index (χ1) is 34.0. The number of imidazole rings is 1. The lowest BCUT2D eigenvalue weighted by Gasteiger charge is -2.12. The number of carbonyl (C=O) groups is 2. The summed E-state index contributed by atoms with van der Waals surface area (Å²) in [7, 11) is 0. The van der Waals surface area contributed by atoms with Crippen molar-refractivity contribution in [1.29, 1.82) is 0 Å². The predicted octanol–water partition coefficient (Wildman–Crippen LogP) is 12.9. The van der Waals surface area contributed by atoms with Crippen molar-refractivity contribution in [3.05, 3.63) is 270 Å². The first-order valence-electron chi connectivity index (χ1n) is 21.1. The molecule has 3 aromatic heterocycles. The van der Waals surface area contributed by atoms with Crippen LogP contribution in [0.5, 0.6) is 0 Å². The van der Waals surface area contributed by atoms with Crippen LogP contribution in [0, 0.1) is 20.2 Å². The average Bonchev–Trinajstić information content (AvgIpc) is 3.80. The number of ketones is 2. The van der Waals surface area contributed by atoms with E-state index in [1.165, 1.54) is 36.7 Å². The fourth-order valence-electron chi connectivity index (χ4n) is 6.77. The van der Waals surface area contributed by atoms with E-state index < -0.39 is 15.6 Å². The van der Waals surface area contributed by atoms with Crippen LogP contribution in [-0.4, -0.2) is 46.8 Å². The van der Waals surface area contributed by atoms with Crippen LogP contribution in [0.25, 0.3) is 34.4 Å². The molecule has 14 nitrogen and oxygen atoms in total. The fourth-order valence-corrected chi connectivity index (χ4v) is 7.30. The molecule has 0 saturated carbocycles. The number of pyridine rings is 2. The summed E-state index contributed by atoms with van der Waals surface area (Å²) in [4.78, 5) is 64.8. The average molecular weight is 1050 g/mol. The molecule has 9 aromatic rings. The minimum atomic E-state index is -0.481. The van der Waals surface area contributed by atoms with Gasteiger partial charge in [0.25, 0.3) is 11.4 Å². The number of amidine groups is 1. The Bertz CT molecular complexity index is 3320. The molecule has 0 aliphatic heterocycles. The van der Waals surface area contributed by atoms with Crippen LogP contribution in [-0.2, 0) is 0 Å². The number of benzene rings is 6. The third-order valence-electron chi connectivity index (χ3n) is 10.1. The SMILES string of the molecule is NC(=Nc1ccccc1)c1ccc(Br)cc1.O=C(C=Cc1ccccc1[N+](=O)[O-])c1ccccn1.O=C(c1ccccn1)c1c(-c2ccccc2[N+](=O)[O-])nc(-c2ccc(Br)cc2)n1-c1ccccc1. The molecule has 344 valence electrons. The van der Waals surface area contributed by atoms with Gasteiger partial charge in [0.15, 0.2) is 0 Å². The van der Waals surface area contributed by atoms with Crippen LogP contribution in [0.1, 0.15) is 37.8 Å². The van der Waals surface area contributed by atoms with Gasteiger partial charge in [-0.3, -0.25) is 44.4 Å². The Morgan fingerprint density at radius 1 is 0.600 bits per heavy atom. The second-order valence-electron chi connectivity index (χ2n) is 14.7. The number of aromatic nitrogens is 4.